The van der Waals surface area contributed by atoms with Crippen LogP contribution in [0.4, 0.5) is 0 Å². The number of aromatic nitrogens is 4. The molecule has 96 valence electrons. The van der Waals surface area contributed by atoms with Gasteiger partial charge in [0.25, 0.3) is 5.91 Å². The Morgan fingerprint density at radius 1 is 1.50 bits per heavy atom. The molecule has 0 atom stereocenters. The molecule has 0 aromatic carbocycles. The summed E-state index contributed by atoms with van der Waals surface area (Å²) in [5.41, 5.74) is 6.09. The lowest BCUT2D eigenvalue weighted by Gasteiger charge is -2.04. The van der Waals surface area contributed by atoms with Crippen LogP contribution < -0.4 is 11.1 Å². The highest BCUT2D eigenvalue weighted by Crippen LogP contribution is 2.19. The van der Waals surface area contributed by atoms with Gasteiger partial charge in [-0.15, -0.1) is 16.4 Å². The molecule has 0 saturated heterocycles. The van der Waals surface area contributed by atoms with E-state index in [1.807, 2.05) is 11.4 Å². The van der Waals surface area contributed by atoms with Crippen LogP contribution in [0.25, 0.3) is 5.69 Å². The van der Waals surface area contributed by atoms with Gasteiger partial charge in [0, 0.05) is 6.54 Å². The lowest BCUT2D eigenvalue weighted by molar-refractivity contribution is 0.0957. The van der Waals surface area contributed by atoms with E-state index >= 15 is 0 Å². The quantitative estimate of drug-likeness (QED) is 0.727. The fraction of sp³-hybridized carbons (Fsp3) is 0.400. The van der Waals surface area contributed by atoms with E-state index in [2.05, 4.69) is 20.8 Å². The van der Waals surface area contributed by atoms with Crippen molar-refractivity contribution in [3.8, 4) is 5.69 Å². The second-order valence-corrected chi connectivity index (χ2v) is 4.56. The largest absolute Gasteiger partial charge is 0.351 e. The van der Waals surface area contributed by atoms with Gasteiger partial charge < -0.3 is 11.1 Å². The molecule has 8 heteroatoms. The van der Waals surface area contributed by atoms with E-state index in [1.54, 1.807) is 0 Å². The zero-order valence-corrected chi connectivity index (χ0v) is 10.6. The van der Waals surface area contributed by atoms with E-state index < -0.39 is 0 Å². The monoisotopic (exact) mass is 266 g/mol. The van der Waals surface area contributed by atoms with Gasteiger partial charge in [-0.05, 0) is 41.3 Å². The van der Waals surface area contributed by atoms with Gasteiger partial charge in [0.05, 0.1) is 5.69 Å². The van der Waals surface area contributed by atoms with Crippen LogP contribution in [-0.4, -0.2) is 39.2 Å². The molecular formula is C10H14N6OS. The molecule has 2 rings (SSSR count). The Morgan fingerprint density at radius 2 is 2.39 bits per heavy atom. The van der Waals surface area contributed by atoms with Crippen LogP contribution >= 0.6 is 11.3 Å². The molecule has 7 nitrogen and oxygen atoms in total. The summed E-state index contributed by atoms with van der Waals surface area (Å²) >= 11 is 1.37. The van der Waals surface area contributed by atoms with E-state index in [4.69, 9.17) is 5.73 Å². The van der Waals surface area contributed by atoms with Crippen molar-refractivity contribution in [3.63, 3.8) is 0 Å². The zero-order chi connectivity index (χ0) is 12.8. The van der Waals surface area contributed by atoms with E-state index in [0.717, 1.165) is 12.8 Å². The lowest BCUT2D eigenvalue weighted by atomic mass is 10.3. The van der Waals surface area contributed by atoms with Gasteiger partial charge in [-0.2, -0.15) is 4.68 Å². The molecule has 2 heterocycles. The Balaban J connectivity index is 2.01. The Kier molecular flexibility index (Phi) is 4.37. The minimum absolute atomic E-state index is 0.104. The number of nitrogens with two attached hydrogens (primary N) is 1. The second-order valence-electron chi connectivity index (χ2n) is 3.64. The first-order chi connectivity index (χ1) is 8.83. The van der Waals surface area contributed by atoms with E-state index in [1.165, 1.54) is 22.3 Å². The number of tetrazole rings is 1. The van der Waals surface area contributed by atoms with Crippen LogP contribution in [0, 0.1) is 0 Å². The molecule has 2 aromatic heterocycles. The van der Waals surface area contributed by atoms with Crippen LogP contribution in [0.3, 0.4) is 0 Å². The van der Waals surface area contributed by atoms with Crippen LogP contribution in [0.5, 0.6) is 0 Å². The Morgan fingerprint density at radius 3 is 3.11 bits per heavy atom. The van der Waals surface area contributed by atoms with Gasteiger partial charge in [-0.1, -0.05) is 0 Å². The predicted octanol–water partition coefficient (Wildman–Crippen LogP) is 0.193. The smallest absolute Gasteiger partial charge is 0.263 e. The summed E-state index contributed by atoms with van der Waals surface area (Å²) in [5.74, 6) is -0.104. The van der Waals surface area contributed by atoms with E-state index in [-0.39, 0.29) is 5.91 Å². The highest BCUT2D eigenvalue weighted by molar-refractivity contribution is 7.12. The van der Waals surface area contributed by atoms with Gasteiger partial charge in [0.1, 0.15) is 11.2 Å². The number of amides is 1. The number of carbonyl (C=O) groups is 1. The predicted molar refractivity (Wildman–Crippen MR) is 67.7 cm³/mol. The standard InChI is InChI=1S/C10H14N6OS/c11-4-1-2-5-12-10(17)9-8(3-6-18-9)16-7-13-14-15-16/h3,6-7H,1-2,4-5,11H2,(H,12,17). The Labute approximate surface area is 108 Å². The average Bonchev–Trinajstić information content (AvgIpc) is 3.02. The molecule has 18 heavy (non-hydrogen) atoms. The first-order valence-corrected chi connectivity index (χ1v) is 6.50. The zero-order valence-electron chi connectivity index (χ0n) is 9.74. The van der Waals surface area contributed by atoms with Gasteiger partial charge in [-0.25, -0.2) is 0 Å². The van der Waals surface area contributed by atoms with E-state index in [9.17, 15) is 4.79 Å². The third kappa shape index (κ3) is 2.90. The summed E-state index contributed by atoms with van der Waals surface area (Å²) in [6, 6.07) is 1.82. The summed E-state index contributed by atoms with van der Waals surface area (Å²) in [6.07, 6.45) is 3.26. The first-order valence-electron chi connectivity index (χ1n) is 5.62. The molecule has 1 amide bonds. The molecule has 2 aromatic rings. The first kappa shape index (κ1) is 12.7. The Hall–Kier alpha value is -1.80. The second kappa shape index (κ2) is 6.22. The number of hydrogen-bond acceptors (Lipinski definition) is 6. The lowest BCUT2D eigenvalue weighted by Crippen LogP contribution is -2.25. The molecule has 0 fully saturated rings. The van der Waals surface area contributed by atoms with Crippen LogP contribution in [-0.2, 0) is 0 Å². The molecule has 0 aliphatic rings. The van der Waals surface area contributed by atoms with Crippen molar-refractivity contribution in [1.29, 1.82) is 0 Å². The maximum atomic E-state index is 12.0. The fourth-order valence-electron chi connectivity index (χ4n) is 1.48. The minimum atomic E-state index is -0.104. The normalized spacial score (nSPS) is 10.5. The van der Waals surface area contributed by atoms with Crippen molar-refractivity contribution < 1.29 is 4.79 Å². The summed E-state index contributed by atoms with van der Waals surface area (Å²) < 4.78 is 1.48. The number of nitrogens with zero attached hydrogens (tertiary/aromatic N) is 4. The van der Waals surface area contributed by atoms with Crippen molar-refractivity contribution in [2.45, 2.75) is 12.8 Å². The Bertz CT molecular complexity index is 494. The third-order valence-electron chi connectivity index (χ3n) is 2.36. The molecule has 3 N–H and O–H groups in total. The van der Waals surface area contributed by atoms with Crippen molar-refractivity contribution in [1.82, 2.24) is 25.5 Å². The minimum Gasteiger partial charge on any atom is -0.351 e. The average molecular weight is 266 g/mol. The van der Waals surface area contributed by atoms with Gasteiger partial charge >= 0.3 is 0 Å². The summed E-state index contributed by atoms with van der Waals surface area (Å²) in [4.78, 5) is 12.6. The van der Waals surface area contributed by atoms with Crippen LogP contribution in [0.15, 0.2) is 17.8 Å². The molecular weight excluding hydrogens is 252 g/mol. The maximum absolute atomic E-state index is 12.0. The highest BCUT2D eigenvalue weighted by Gasteiger charge is 2.14. The molecule has 0 aliphatic carbocycles. The fourth-order valence-corrected chi connectivity index (χ4v) is 2.27. The molecule has 0 unspecified atom stereocenters. The molecule has 0 spiro atoms. The topological polar surface area (TPSA) is 98.7 Å². The van der Waals surface area contributed by atoms with Gasteiger partial charge in [0.15, 0.2) is 0 Å². The van der Waals surface area contributed by atoms with Crippen LogP contribution in [0.1, 0.15) is 22.5 Å². The highest BCUT2D eigenvalue weighted by atomic mass is 32.1. The van der Waals surface area contributed by atoms with Crippen molar-refractivity contribution in [2.75, 3.05) is 13.1 Å². The molecule has 0 bridgehead atoms. The van der Waals surface area contributed by atoms with Gasteiger partial charge in [-0.3, -0.25) is 4.79 Å². The van der Waals surface area contributed by atoms with Gasteiger partial charge in [0.2, 0.25) is 0 Å². The number of thiophene rings is 1. The van der Waals surface area contributed by atoms with E-state index in [0.29, 0.717) is 23.7 Å². The maximum Gasteiger partial charge on any atom is 0.263 e. The number of nitrogens with one attached hydrogen (secondary N) is 1. The van der Waals surface area contributed by atoms with Crippen LogP contribution in [0.2, 0.25) is 0 Å². The molecule has 0 radical (unpaired) electrons. The number of unbranched alkanes of at least 4 members (excludes halogenated alkanes) is 1. The van der Waals surface area contributed by atoms with Crippen molar-refractivity contribution in [2.24, 2.45) is 5.73 Å². The third-order valence-corrected chi connectivity index (χ3v) is 3.27. The SMILES string of the molecule is NCCCCNC(=O)c1sccc1-n1cnnn1. The van der Waals surface area contributed by atoms with Crippen molar-refractivity contribution in [3.05, 3.63) is 22.7 Å². The number of carbonyl (C=O) groups excluding carboxylic acids is 1. The molecule has 0 aliphatic heterocycles. The number of hydrogen-bond donors (Lipinski definition) is 2. The summed E-state index contributed by atoms with van der Waals surface area (Å²) in [6.45, 7) is 1.27. The summed E-state index contributed by atoms with van der Waals surface area (Å²) in [7, 11) is 0. The van der Waals surface area contributed by atoms with Crippen molar-refractivity contribution >= 4 is 17.2 Å². The molecule has 0 saturated carbocycles. The summed E-state index contributed by atoms with van der Waals surface area (Å²) in [5, 5.41) is 15.6. The number of rotatable bonds is 6.